The van der Waals surface area contributed by atoms with Crippen molar-refractivity contribution in [2.45, 2.75) is 19.5 Å². The average molecular weight is 449 g/mol. The number of carboxylic acid groups (broad SMARTS) is 1. The SMILES string of the molecule is CCN(C(=O)O)C(NC=O)c1ccc(-c2ncn(-c3ccc(OC(F)(F)F)cc3)n2)cc1. The van der Waals surface area contributed by atoms with Crippen molar-refractivity contribution in [3.05, 3.63) is 60.4 Å². The topological polar surface area (TPSA) is 110 Å². The third-order valence-electron chi connectivity index (χ3n) is 4.44. The first-order valence-electron chi connectivity index (χ1n) is 9.29. The molecule has 0 fully saturated rings. The van der Waals surface area contributed by atoms with E-state index in [2.05, 4.69) is 20.1 Å². The van der Waals surface area contributed by atoms with Gasteiger partial charge in [0.1, 0.15) is 18.2 Å². The lowest BCUT2D eigenvalue weighted by molar-refractivity contribution is -0.274. The highest BCUT2D eigenvalue weighted by Gasteiger charge is 2.31. The fourth-order valence-electron chi connectivity index (χ4n) is 2.99. The molecule has 0 bridgehead atoms. The van der Waals surface area contributed by atoms with Gasteiger partial charge in [0.05, 0.1) is 5.69 Å². The number of amides is 2. The second-order valence-electron chi connectivity index (χ2n) is 6.43. The van der Waals surface area contributed by atoms with Gasteiger partial charge in [0.15, 0.2) is 5.82 Å². The zero-order chi connectivity index (χ0) is 23.3. The van der Waals surface area contributed by atoms with Gasteiger partial charge >= 0.3 is 12.5 Å². The van der Waals surface area contributed by atoms with Crippen LogP contribution in [0.1, 0.15) is 18.7 Å². The zero-order valence-electron chi connectivity index (χ0n) is 16.7. The number of carbonyl (C=O) groups excluding carboxylic acids is 1. The Kier molecular flexibility index (Phi) is 6.61. The molecular formula is C20H18F3N5O4. The minimum atomic E-state index is -4.77. The minimum absolute atomic E-state index is 0.168. The number of aromatic nitrogens is 3. The third kappa shape index (κ3) is 5.33. The van der Waals surface area contributed by atoms with Crippen molar-refractivity contribution < 1.29 is 32.6 Å². The highest BCUT2D eigenvalue weighted by Crippen LogP contribution is 2.25. The first-order valence-corrected chi connectivity index (χ1v) is 9.29. The number of alkyl halides is 3. The second kappa shape index (κ2) is 9.37. The van der Waals surface area contributed by atoms with Crippen molar-refractivity contribution in [2.24, 2.45) is 0 Å². The van der Waals surface area contributed by atoms with Crippen molar-refractivity contribution in [3.63, 3.8) is 0 Å². The Morgan fingerprint density at radius 2 is 1.88 bits per heavy atom. The summed E-state index contributed by atoms with van der Waals surface area (Å²) in [7, 11) is 0. The van der Waals surface area contributed by atoms with Crippen LogP contribution in [0.15, 0.2) is 54.9 Å². The molecule has 1 unspecified atom stereocenters. The van der Waals surface area contributed by atoms with Crippen molar-refractivity contribution in [3.8, 4) is 22.8 Å². The van der Waals surface area contributed by atoms with Crippen LogP contribution >= 0.6 is 0 Å². The van der Waals surface area contributed by atoms with E-state index in [1.165, 1.54) is 35.3 Å². The predicted octanol–water partition coefficient (Wildman–Crippen LogP) is 3.58. The molecule has 1 heterocycles. The van der Waals surface area contributed by atoms with Gasteiger partial charge in [0.2, 0.25) is 6.41 Å². The summed E-state index contributed by atoms with van der Waals surface area (Å²) in [5.41, 5.74) is 1.64. The highest BCUT2D eigenvalue weighted by molar-refractivity contribution is 5.66. The fraction of sp³-hybridized carbons (Fsp3) is 0.200. The molecule has 0 aliphatic carbocycles. The van der Waals surface area contributed by atoms with Crippen LogP contribution in [0.5, 0.6) is 5.75 Å². The Hall–Kier alpha value is -4.09. The number of halogens is 3. The van der Waals surface area contributed by atoms with E-state index < -0.39 is 18.6 Å². The van der Waals surface area contributed by atoms with E-state index in [9.17, 15) is 27.9 Å². The quantitative estimate of drug-likeness (QED) is 0.402. The molecule has 0 aliphatic rings. The van der Waals surface area contributed by atoms with Crippen molar-refractivity contribution in [2.75, 3.05) is 6.54 Å². The first kappa shape index (κ1) is 22.6. The lowest BCUT2D eigenvalue weighted by Crippen LogP contribution is -2.41. The summed E-state index contributed by atoms with van der Waals surface area (Å²) in [4.78, 5) is 27.6. The number of nitrogens with one attached hydrogen (secondary N) is 1. The van der Waals surface area contributed by atoms with Crippen molar-refractivity contribution in [1.29, 1.82) is 0 Å². The van der Waals surface area contributed by atoms with Crippen LogP contribution in [-0.2, 0) is 4.79 Å². The lowest BCUT2D eigenvalue weighted by atomic mass is 10.1. The van der Waals surface area contributed by atoms with Gasteiger partial charge in [-0.15, -0.1) is 18.3 Å². The van der Waals surface area contributed by atoms with Gasteiger partial charge in [-0.1, -0.05) is 24.3 Å². The summed E-state index contributed by atoms with van der Waals surface area (Å²) in [5, 5.41) is 16.1. The van der Waals surface area contributed by atoms with E-state index in [-0.39, 0.29) is 12.3 Å². The Bertz CT molecular complexity index is 1070. The van der Waals surface area contributed by atoms with E-state index in [4.69, 9.17) is 0 Å². The Morgan fingerprint density at radius 1 is 1.22 bits per heavy atom. The molecule has 0 saturated heterocycles. The van der Waals surface area contributed by atoms with Gasteiger partial charge in [-0.2, -0.15) is 0 Å². The fourth-order valence-corrected chi connectivity index (χ4v) is 2.99. The van der Waals surface area contributed by atoms with Crippen LogP contribution in [0.25, 0.3) is 17.1 Å². The molecule has 2 N–H and O–H groups in total. The van der Waals surface area contributed by atoms with Gasteiger partial charge in [-0.05, 0) is 36.8 Å². The normalized spacial score (nSPS) is 12.1. The molecule has 32 heavy (non-hydrogen) atoms. The van der Waals surface area contributed by atoms with E-state index in [0.29, 0.717) is 29.0 Å². The van der Waals surface area contributed by atoms with Crippen LogP contribution in [0.3, 0.4) is 0 Å². The number of rotatable bonds is 8. The molecular weight excluding hydrogens is 431 g/mol. The number of carbonyl (C=O) groups is 2. The summed E-state index contributed by atoms with van der Waals surface area (Å²) in [6, 6.07) is 11.8. The van der Waals surface area contributed by atoms with Crippen LogP contribution < -0.4 is 10.1 Å². The van der Waals surface area contributed by atoms with Gasteiger partial charge in [-0.25, -0.2) is 14.5 Å². The van der Waals surface area contributed by atoms with Crippen LogP contribution in [0.2, 0.25) is 0 Å². The van der Waals surface area contributed by atoms with Crippen molar-refractivity contribution in [1.82, 2.24) is 25.0 Å². The molecule has 0 spiro atoms. The van der Waals surface area contributed by atoms with E-state index in [1.54, 1.807) is 31.2 Å². The Labute approximate surface area is 180 Å². The smallest absolute Gasteiger partial charge is 0.465 e. The Balaban J connectivity index is 1.79. The molecule has 168 valence electrons. The minimum Gasteiger partial charge on any atom is -0.465 e. The number of ether oxygens (including phenoxy) is 1. The van der Waals surface area contributed by atoms with Crippen molar-refractivity contribution >= 4 is 12.5 Å². The molecule has 3 rings (SSSR count). The molecule has 0 aliphatic heterocycles. The molecule has 1 aromatic heterocycles. The molecule has 12 heteroatoms. The maximum absolute atomic E-state index is 12.3. The number of hydrogen-bond donors (Lipinski definition) is 2. The molecule has 9 nitrogen and oxygen atoms in total. The Morgan fingerprint density at radius 3 is 2.41 bits per heavy atom. The van der Waals surface area contributed by atoms with Crippen LogP contribution in [-0.4, -0.2) is 50.2 Å². The number of benzene rings is 2. The lowest BCUT2D eigenvalue weighted by Gasteiger charge is -2.28. The molecule has 0 saturated carbocycles. The number of nitrogens with zero attached hydrogens (tertiary/aromatic N) is 4. The van der Waals surface area contributed by atoms with E-state index in [0.717, 1.165) is 4.90 Å². The van der Waals surface area contributed by atoms with E-state index in [1.807, 2.05) is 0 Å². The summed E-state index contributed by atoms with van der Waals surface area (Å²) in [6.45, 7) is 1.82. The maximum atomic E-state index is 12.3. The maximum Gasteiger partial charge on any atom is 0.573 e. The second-order valence-corrected chi connectivity index (χ2v) is 6.43. The standard InChI is InChI=1S/C20H18F3N5O4/c1-2-27(19(30)31)18(25-12-29)14-5-3-13(4-6-14)17-24-11-28(26-17)15-7-9-16(10-8-15)32-20(21,22)23/h3-12,18H,2H2,1H3,(H,25,29)(H,30,31). The van der Waals surface area contributed by atoms with Crippen LogP contribution in [0, 0.1) is 0 Å². The van der Waals surface area contributed by atoms with Gasteiger partial charge in [0.25, 0.3) is 0 Å². The van der Waals surface area contributed by atoms with Gasteiger partial charge < -0.3 is 15.2 Å². The number of hydrogen-bond acceptors (Lipinski definition) is 5. The predicted molar refractivity (Wildman–Crippen MR) is 106 cm³/mol. The largest absolute Gasteiger partial charge is 0.573 e. The summed E-state index contributed by atoms with van der Waals surface area (Å²) < 4.78 is 42.1. The van der Waals surface area contributed by atoms with Gasteiger partial charge in [-0.3, -0.25) is 9.69 Å². The molecule has 0 radical (unpaired) electrons. The molecule has 2 aromatic carbocycles. The molecule has 3 aromatic rings. The molecule has 1 atom stereocenters. The average Bonchev–Trinajstić information content (AvgIpc) is 3.23. The zero-order valence-corrected chi connectivity index (χ0v) is 16.7. The highest BCUT2D eigenvalue weighted by atomic mass is 19.4. The van der Waals surface area contributed by atoms with E-state index >= 15 is 0 Å². The summed E-state index contributed by atoms with van der Waals surface area (Å²) in [6.07, 6.45) is -4.97. The summed E-state index contributed by atoms with van der Waals surface area (Å²) in [5.74, 6) is -0.00389. The molecule has 2 amide bonds. The summed E-state index contributed by atoms with van der Waals surface area (Å²) >= 11 is 0. The third-order valence-corrected chi connectivity index (χ3v) is 4.44. The first-order chi connectivity index (χ1) is 15.2. The van der Waals surface area contributed by atoms with Gasteiger partial charge in [0, 0.05) is 12.1 Å². The monoisotopic (exact) mass is 449 g/mol. The van der Waals surface area contributed by atoms with Crippen LogP contribution in [0.4, 0.5) is 18.0 Å².